The summed E-state index contributed by atoms with van der Waals surface area (Å²) < 4.78 is 0. The van der Waals surface area contributed by atoms with Crippen LogP contribution < -0.4 is 5.30 Å². The smallest absolute Gasteiger partial charge is 0.0612 e. The van der Waals surface area contributed by atoms with Crippen LogP contribution >= 0.6 is 14.4 Å². The van der Waals surface area contributed by atoms with Gasteiger partial charge in [0.15, 0.2) is 0 Å². The standard InChI is InChI=1S/C10H16P2/c1-9-6-5-7-10(8-9)12(3,4)11-2/h5-8H,1-4H3/p+1. The maximum atomic E-state index is 2.42. The summed E-state index contributed by atoms with van der Waals surface area (Å²) in [6, 6.07) is 8.95. The van der Waals surface area contributed by atoms with Gasteiger partial charge in [-0.25, -0.2) is 0 Å². The fourth-order valence-corrected chi connectivity index (χ4v) is 3.54. The van der Waals surface area contributed by atoms with Gasteiger partial charge < -0.3 is 0 Å². The van der Waals surface area contributed by atoms with Gasteiger partial charge in [-0.05, 0) is 26.3 Å². The third kappa shape index (κ3) is 2.22. The van der Waals surface area contributed by atoms with E-state index in [0.717, 1.165) is 7.87 Å². The highest BCUT2D eigenvalue weighted by atomic mass is 31.8. The van der Waals surface area contributed by atoms with E-state index in [4.69, 9.17) is 0 Å². The molecule has 0 aliphatic rings. The van der Waals surface area contributed by atoms with Crippen LogP contribution in [0, 0.1) is 6.92 Å². The van der Waals surface area contributed by atoms with Gasteiger partial charge >= 0.3 is 0 Å². The van der Waals surface area contributed by atoms with Crippen molar-refractivity contribution >= 4 is 19.7 Å². The molecule has 0 amide bonds. The van der Waals surface area contributed by atoms with Crippen LogP contribution in [-0.4, -0.2) is 20.0 Å². The van der Waals surface area contributed by atoms with E-state index in [1.54, 1.807) is 5.30 Å². The number of rotatable bonds is 1. The van der Waals surface area contributed by atoms with E-state index in [-0.39, 0.29) is 0 Å². The maximum Gasteiger partial charge on any atom is 0.0911 e. The van der Waals surface area contributed by atoms with E-state index in [1.807, 2.05) is 0 Å². The molecule has 0 heterocycles. The molecule has 66 valence electrons. The minimum absolute atomic E-state index is 0.775. The second kappa shape index (κ2) is 3.77. The van der Waals surface area contributed by atoms with E-state index in [2.05, 4.69) is 51.2 Å². The Balaban J connectivity index is 3.21. The third-order valence-electron chi connectivity index (χ3n) is 2.21. The quantitative estimate of drug-likeness (QED) is 0.609. The van der Waals surface area contributed by atoms with Crippen LogP contribution in [0.15, 0.2) is 24.3 Å². The lowest BCUT2D eigenvalue weighted by atomic mass is 10.2. The van der Waals surface area contributed by atoms with Crippen molar-refractivity contribution in [2.45, 2.75) is 6.92 Å². The highest BCUT2D eigenvalue weighted by Gasteiger charge is 2.12. The van der Waals surface area contributed by atoms with Gasteiger partial charge in [0, 0.05) is 5.30 Å². The van der Waals surface area contributed by atoms with Crippen LogP contribution in [0.1, 0.15) is 5.56 Å². The Bertz CT molecular complexity index is 320. The largest absolute Gasteiger partial charge is 0.0911 e. The summed E-state index contributed by atoms with van der Waals surface area (Å²) >= 11 is 0. The second-order valence-electron chi connectivity index (χ2n) is 3.52. The molecular weight excluding hydrogens is 182 g/mol. The molecule has 0 fully saturated rings. The van der Waals surface area contributed by atoms with Crippen molar-refractivity contribution in [2.24, 2.45) is 0 Å². The predicted molar refractivity (Wildman–Crippen MR) is 63.8 cm³/mol. The van der Waals surface area contributed by atoms with Crippen LogP contribution in [-0.2, 0) is 0 Å². The molecule has 1 aromatic rings. The lowest BCUT2D eigenvalue weighted by molar-refractivity contribution is 1.49. The van der Waals surface area contributed by atoms with E-state index < -0.39 is 6.55 Å². The van der Waals surface area contributed by atoms with E-state index in [1.165, 1.54) is 5.56 Å². The van der Waals surface area contributed by atoms with Crippen molar-refractivity contribution < 1.29 is 0 Å². The summed E-state index contributed by atoms with van der Waals surface area (Å²) in [6.07, 6.45) is 0. The first-order chi connectivity index (χ1) is 5.56. The Hall–Kier alpha value is -0.0500. The van der Waals surface area contributed by atoms with Crippen LogP contribution in [0.5, 0.6) is 0 Å². The molecule has 0 saturated carbocycles. The van der Waals surface area contributed by atoms with E-state index in [9.17, 15) is 0 Å². The number of benzene rings is 1. The molecule has 0 radical (unpaired) electrons. The van der Waals surface area contributed by atoms with Gasteiger partial charge in [-0.3, -0.25) is 0 Å². The van der Waals surface area contributed by atoms with Gasteiger partial charge in [-0.15, -0.1) is 0 Å². The van der Waals surface area contributed by atoms with Crippen molar-refractivity contribution in [1.82, 2.24) is 0 Å². The predicted octanol–water partition coefficient (Wildman–Crippen LogP) is 3.12. The molecule has 1 atom stereocenters. The first kappa shape index (κ1) is 10.0. The molecule has 0 aromatic heterocycles. The van der Waals surface area contributed by atoms with Gasteiger partial charge in [0.25, 0.3) is 0 Å². The first-order valence-corrected chi connectivity index (χ1v) is 9.19. The molecule has 0 nitrogen and oxygen atoms in total. The van der Waals surface area contributed by atoms with Crippen LogP contribution in [0.25, 0.3) is 0 Å². The lowest BCUT2D eigenvalue weighted by Gasteiger charge is -2.07. The molecule has 0 aliphatic carbocycles. The zero-order valence-corrected chi connectivity index (χ0v) is 10.2. The summed E-state index contributed by atoms with van der Waals surface area (Å²) in [4.78, 5) is 0. The SMILES string of the molecule is C[PH+]=P(C)(C)c1cccc(C)c1. The Kier molecular flexibility index (Phi) is 3.16. The molecule has 2 heteroatoms. The maximum absolute atomic E-state index is 2.42. The Morgan fingerprint density at radius 2 is 1.92 bits per heavy atom. The van der Waals surface area contributed by atoms with Crippen LogP contribution in [0.3, 0.4) is 0 Å². The number of aryl methyl sites for hydroxylation is 1. The highest BCUT2D eigenvalue weighted by Crippen LogP contribution is 2.46. The molecule has 12 heavy (non-hydrogen) atoms. The second-order valence-corrected chi connectivity index (χ2v) is 12.1. The molecule has 1 rings (SSSR count). The Morgan fingerprint density at radius 1 is 1.25 bits per heavy atom. The Morgan fingerprint density at radius 3 is 2.42 bits per heavy atom. The van der Waals surface area contributed by atoms with Crippen molar-refractivity contribution in [3.05, 3.63) is 29.8 Å². The molecule has 1 unspecified atom stereocenters. The minimum Gasteiger partial charge on any atom is -0.0612 e. The Labute approximate surface area is 77.0 Å². The molecule has 0 aliphatic heterocycles. The molecule has 0 N–H and O–H groups in total. The van der Waals surface area contributed by atoms with Gasteiger partial charge in [0.05, 0.1) is 21.1 Å². The van der Waals surface area contributed by atoms with Gasteiger partial charge in [-0.2, -0.15) is 0 Å². The van der Waals surface area contributed by atoms with E-state index >= 15 is 0 Å². The fourth-order valence-electron chi connectivity index (χ4n) is 1.10. The number of hydrogen-bond acceptors (Lipinski definition) is 0. The molecule has 0 saturated heterocycles. The number of hydrogen-bond donors (Lipinski definition) is 0. The molecule has 1 aromatic carbocycles. The van der Waals surface area contributed by atoms with Crippen molar-refractivity contribution in [2.75, 3.05) is 20.0 Å². The molecule has 0 bridgehead atoms. The monoisotopic (exact) mass is 199 g/mol. The fraction of sp³-hybridized carbons (Fsp3) is 0.400. The van der Waals surface area contributed by atoms with Crippen LogP contribution in [0.2, 0.25) is 0 Å². The van der Waals surface area contributed by atoms with Gasteiger partial charge in [0.1, 0.15) is 0 Å². The highest BCUT2D eigenvalue weighted by molar-refractivity contribution is 8.08. The van der Waals surface area contributed by atoms with Crippen molar-refractivity contribution in [1.29, 1.82) is 0 Å². The minimum atomic E-state index is -0.775. The first-order valence-electron chi connectivity index (χ1n) is 4.16. The van der Waals surface area contributed by atoms with Gasteiger partial charge in [0.2, 0.25) is 0 Å². The molecule has 0 spiro atoms. The zero-order chi connectivity index (χ0) is 9.19. The van der Waals surface area contributed by atoms with E-state index in [0.29, 0.717) is 0 Å². The summed E-state index contributed by atoms with van der Waals surface area (Å²) in [5.74, 6) is 0. The average molecular weight is 199 g/mol. The summed E-state index contributed by atoms with van der Waals surface area (Å²) in [5.41, 5.74) is 1.39. The van der Waals surface area contributed by atoms with Crippen LogP contribution in [0.4, 0.5) is 0 Å². The summed E-state index contributed by atoms with van der Waals surface area (Å²) in [6.45, 7) is 8.54. The van der Waals surface area contributed by atoms with Crippen molar-refractivity contribution in [3.8, 4) is 0 Å². The van der Waals surface area contributed by atoms with Crippen molar-refractivity contribution in [3.63, 3.8) is 0 Å². The normalized spacial score (nSPS) is 12.0. The third-order valence-corrected chi connectivity index (χ3v) is 9.02. The summed E-state index contributed by atoms with van der Waals surface area (Å²) in [5, 5.41) is 1.57. The molecular formula is C10H17P2+. The van der Waals surface area contributed by atoms with Gasteiger partial charge in [-0.1, -0.05) is 23.8 Å². The average Bonchev–Trinajstić information content (AvgIpc) is 2.05. The lowest BCUT2D eigenvalue weighted by Crippen LogP contribution is -2.01. The zero-order valence-electron chi connectivity index (χ0n) is 8.26. The summed E-state index contributed by atoms with van der Waals surface area (Å²) in [7, 11) is 1.07. The topological polar surface area (TPSA) is 0 Å².